The average Bonchev–Trinajstić information content (AvgIpc) is 2.19. The minimum atomic E-state index is -0.481. The number of hydrogen-bond acceptors (Lipinski definition) is 2. The topological polar surface area (TPSA) is 52.6 Å². The first-order valence-electron chi connectivity index (χ1n) is 6.52. The van der Waals surface area contributed by atoms with Crippen molar-refractivity contribution in [1.29, 1.82) is 0 Å². The Hall–Kier alpha value is -0.770. The van der Waals surface area contributed by atoms with Gasteiger partial charge in [0.1, 0.15) is 0 Å². The van der Waals surface area contributed by atoms with Crippen molar-refractivity contribution in [3.8, 4) is 0 Å². The predicted octanol–water partition coefficient (Wildman–Crippen LogP) is 1.98. The Bertz CT molecular complexity index is 264. The number of carbonyl (C=O) groups excluding carboxylic acids is 1. The minimum absolute atomic E-state index is 0.0779. The van der Waals surface area contributed by atoms with E-state index >= 15 is 0 Å². The number of aliphatic hydroxyl groups is 1. The molecule has 0 radical (unpaired) electrons. The zero-order valence-electron chi connectivity index (χ0n) is 11.5. The number of likely N-dealkylation sites (N-methyl/N-ethyl adjacent to an activating group) is 1. The lowest BCUT2D eigenvalue weighted by Crippen LogP contribution is -2.51. The van der Waals surface area contributed by atoms with E-state index in [1.54, 1.807) is 18.9 Å². The molecule has 2 unspecified atom stereocenters. The lowest BCUT2D eigenvalue weighted by Gasteiger charge is -2.39. The van der Waals surface area contributed by atoms with E-state index in [0.717, 1.165) is 12.8 Å². The fourth-order valence-electron chi connectivity index (χ4n) is 2.50. The molecule has 2 N–H and O–H groups in total. The zero-order chi connectivity index (χ0) is 13.1. The fourth-order valence-corrected chi connectivity index (χ4v) is 2.50. The van der Waals surface area contributed by atoms with Crippen LogP contribution in [0.25, 0.3) is 0 Å². The minimum Gasteiger partial charge on any atom is -0.392 e. The summed E-state index contributed by atoms with van der Waals surface area (Å²) in [6.45, 7) is 6.49. The molecule has 0 aromatic heterocycles. The van der Waals surface area contributed by atoms with Gasteiger partial charge in [-0.05, 0) is 25.2 Å². The molecular weight excluding hydrogens is 216 g/mol. The number of nitrogens with zero attached hydrogens (tertiary/aromatic N) is 1. The number of aliphatic hydroxyl groups excluding tert-OH is 1. The highest BCUT2D eigenvalue weighted by Gasteiger charge is 2.33. The molecule has 0 aromatic carbocycles. The molecule has 0 bridgehead atoms. The maximum absolute atomic E-state index is 11.9. The lowest BCUT2D eigenvalue weighted by atomic mass is 9.73. The van der Waals surface area contributed by atoms with Crippen LogP contribution in [-0.4, -0.2) is 41.8 Å². The Morgan fingerprint density at radius 2 is 2.18 bits per heavy atom. The molecule has 1 aliphatic rings. The van der Waals surface area contributed by atoms with Gasteiger partial charge in [0.2, 0.25) is 0 Å². The third-order valence-corrected chi connectivity index (χ3v) is 3.69. The van der Waals surface area contributed by atoms with Crippen molar-refractivity contribution in [3.05, 3.63) is 0 Å². The molecule has 2 atom stereocenters. The second-order valence-electron chi connectivity index (χ2n) is 5.97. The molecule has 2 amide bonds. The summed E-state index contributed by atoms with van der Waals surface area (Å²) >= 11 is 0. The Morgan fingerprint density at radius 3 is 2.71 bits per heavy atom. The van der Waals surface area contributed by atoms with Crippen LogP contribution in [0, 0.1) is 5.41 Å². The van der Waals surface area contributed by atoms with Crippen LogP contribution in [0.4, 0.5) is 4.79 Å². The van der Waals surface area contributed by atoms with E-state index in [2.05, 4.69) is 19.2 Å². The van der Waals surface area contributed by atoms with E-state index in [4.69, 9.17) is 0 Å². The normalized spacial score (nSPS) is 25.1. The summed E-state index contributed by atoms with van der Waals surface area (Å²) < 4.78 is 0. The Morgan fingerprint density at radius 1 is 1.53 bits per heavy atom. The Labute approximate surface area is 104 Å². The first-order valence-corrected chi connectivity index (χ1v) is 6.52. The standard InChI is InChI=1S/C13H26N2O2/c1-10(16)9-15(4)12(17)14-11-7-5-6-8-13(11,2)3/h10-11,16H,5-9H2,1-4H3,(H,14,17). The molecule has 0 aromatic rings. The number of hydrogen-bond donors (Lipinski definition) is 2. The van der Waals surface area contributed by atoms with Gasteiger partial charge in [-0.2, -0.15) is 0 Å². The van der Waals surface area contributed by atoms with Crippen molar-refractivity contribution < 1.29 is 9.90 Å². The maximum Gasteiger partial charge on any atom is 0.317 e. The molecule has 1 aliphatic carbocycles. The molecule has 4 nitrogen and oxygen atoms in total. The van der Waals surface area contributed by atoms with Gasteiger partial charge in [0.05, 0.1) is 6.10 Å². The van der Waals surface area contributed by atoms with E-state index in [-0.39, 0.29) is 17.5 Å². The van der Waals surface area contributed by atoms with Crippen molar-refractivity contribution in [2.24, 2.45) is 5.41 Å². The van der Waals surface area contributed by atoms with Crippen LogP contribution < -0.4 is 5.32 Å². The number of carbonyl (C=O) groups is 1. The monoisotopic (exact) mass is 242 g/mol. The zero-order valence-corrected chi connectivity index (χ0v) is 11.5. The third-order valence-electron chi connectivity index (χ3n) is 3.69. The summed E-state index contributed by atoms with van der Waals surface area (Å²) in [5.74, 6) is 0. The van der Waals surface area contributed by atoms with E-state index < -0.39 is 6.10 Å². The van der Waals surface area contributed by atoms with Crippen LogP contribution in [0.1, 0.15) is 46.5 Å². The molecular formula is C13H26N2O2. The van der Waals surface area contributed by atoms with Gasteiger partial charge in [-0.1, -0.05) is 26.7 Å². The molecule has 1 fully saturated rings. The molecule has 0 aliphatic heterocycles. The number of nitrogens with one attached hydrogen (secondary N) is 1. The van der Waals surface area contributed by atoms with Crippen molar-refractivity contribution in [2.75, 3.05) is 13.6 Å². The van der Waals surface area contributed by atoms with Crippen LogP contribution in [-0.2, 0) is 0 Å². The smallest absolute Gasteiger partial charge is 0.317 e. The fraction of sp³-hybridized carbons (Fsp3) is 0.923. The van der Waals surface area contributed by atoms with Crippen molar-refractivity contribution in [3.63, 3.8) is 0 Å². The second kappa shape index (κ2) is 5.71. The van der Waals surface area contributed by atoms with Gasteiger partial charge >= 0.3 is 6.03 Å². The van der Waals surface area contributed by atoms with Crippen LogP contribution in [0.15, 0.2) is 0 Å². The quantitative estimate of drug-likeness (QED) is 0.795. The molecule has 4 heteroatoms. The van der Waals surface area contributed by atoms with E-state index in [9.17, 15) is 9.90 Å². The molecule has 17 heavy (non-hydrogen) atoms. The maximum atomic E-state index is 11.9. The van der Waals surface area contributed by atoms with E-state index in [1.807, 2.05) is 0 Å². The van der Waals surface area contributed by atoms with Crippen LogP contribution >= 0.6 is 0 Å². The molecule has 0 heterocycles. The highest BCUT2D eigenvalue weighted by atomic mass is 16.3. The van der Waals surface area contributed by atoms with Gasteiger partial charge in [0.25, 0.3) is 0 Å². The highest BCUT2D eigenvalue weighted by Crippen LogP contribution is 2.35. The summed E-state index contributed by atoms with van der Waals surface area (Å²) in [5.41, 5.74) is 0.180. The first-order chi connectivity index (χ1) is 7.83. The van der Waals surface area contributed by atoms with Crippen molar-refractivity contribution >= 4 is 6.03 Å². The largest absolute Gasteiger partial charge is 0.392 e. The van der Waals surface area contributed by atoms with Gasteiger partial charge in [-0.15, -0.1) is 0 Å². The van der Waals surface area contributed by atoms with Gasteiger partial charge < -0.3 is 15.3 Å². The number of amides is 2. The lowest BCUT2D eigenvalue weighted by molar-refractivity contribution is 0.127. The third kappa shape index (κ3) is 4.19. The number of rotatable bonds is 3. The van der Waals surface area contributed by atoms with Crippen LogP contribution in [0.3, 0.4) is 0 Å². The molecule has 1 saturated carbocycles. The molecule has 1 rings (SSSR count). The molecule has 0 saturated heterocycles. The van der Waals surface area contributed by atoms with Gasteiger partial charge in [-0.25, -0.2) is 4.79 Å². The Balaban J connectivity index is 2.49. The number of urea groups is 1. The summed E-state index contributed by atoms with van der Waals surface area (Å²) in [6, 6.07) is 0.172. The first kappa shape index (κ1) is 14.3. The SMILES string of the molecule is CC(O)CN(C)C(=O)NC1CCCCC1(C)C. The summed E-state index contributed by atoms with van der Waals surface area (Å²) in [7, 11) is 1.72. The predicted molar refractivity (Wildman–Crippen MR) is 68.9 cm³/mol. The summed E-state index contributed by atoms with van der Waals surface area (Å²) in [5, 5.41) is 12.3. The molecule has 0 spiro atoms. The summed E-state index contributed by atoms with van der Waals surface area (Å²) in [4.78, 5) is 13.5. The van der Waals surface area contributed by atoms with E-state index in [0.29, 0.717) is 6.54 Å². The van der Waals surface area contributed by atoms with Gasteiger partial charge in [0.15, 0.2) is 0 Å². The van der Waals surface area contributed by atoms with Crippen molar-refractivity contribution in [2.45, 2.75) is 58.6 Å². The van der Waals surface area contributed by atoms with Crippen molar-refractivity contribution in [1.82, 2.24) is 10.2 Å². The van der Waals surface area contributed by atoms with Gasteiger partial charge in [0, 0.05) is 19.6 Å². The van der Waals surface area contributed by atoms with E-state index in [1.165, 1.54) is 12.8 Å². The highest BCUT2D eigenvalue weighted by molar-refractivity contribution is 5.74. The molecule has 100 valence electrons. The van der Waals surface area contributed by atoms with Crippen LogP contribution in [0.2, 0.25) is 0 Å². The summed E-state index contributed by atoms with van der Waals surface area (Å²) in [6.07, 6.45) is 4.18. The van der Waals surface area contributed by atoms with Gasteiger partial charge in [-0.3, -0.25) is 0 Å². The Kier molecular flexibility index (Phi) is 4.80. The second-order valence-corrected chi connectivity index (χ2v) is 5.97. The van der Waals surface area contributed by atoms with Crippen LogP contribution in [0.5, 0.6) is 0 Å². The average molecular weight is 242 g/mol.